The molecule has 148 valence electrons. The molecule has 3 heterocycles. The first-order valence-electron chi connectivity index (χ1n) is 9.04. The Morgan fingerprint density at radius 3 is 2.71 bits per heavy atom. The highest BCUT2D eigenvalue weighted by molar-refractivity contribution is 6.42. The number of pyridine rings is 1. The van der Waals surface area contributed by atoms with Gasteiger partial charge in [-0.25, -0.2) is 4.98 Å². The number of aromatic nitrogens is 1. The second-order valence-electron chi connectivity index (χ2n) is 7.49. The maximum Gasteiger partial charge on any atom is 0.230 e. The molecule has 0 aliphatic carbocycles. The number of anilines is 1. The quantitative estimate of drug-likeness (QED) is 0.755. The summed E-state index contributed by atoms with van der Waals surface area (Å²) < 4.78 is 20.0. The van der Waals surface area contributed by atoms with Crippen LogP contribution in [0.5, 0.6) is 0 Å². The van der Waals surface area contributed by atoms with E-state index in [1.165, 1.54) is 12.3 Å². The second kappa shape index (κ2) is 7.59. The molecular weight excluding hydrogens is 404 g/mol. The maximum absolute atomic E-state index is 13.8. The van der Waals surface area contributed by atoms with E-state index < -0.39 is 11.9 Å². The average molecular weight is 424 g/mol. The van der Waals surface area contributed by atoms with Crippen LogP contribution in [0.25, 0.3) is 0 Å². The molecule has 4 rings (SSSR count). The van der Waals surface area contributed by atoms with Gasteiger partial charge in [0.25, 0.3) is 0 Å². The maximum atomic E-state index is 13.8. The smallest absolute Gasteiger partial charge is 0.230 e. The van der Waals surface area contributed by atoms with E-state index in [0.717, 1.165) is 12.0 Å². The first-order chi connectivity index (χ1) is 13.3. The van der Waals surface area contributed by atoms with E-state index in [-0.39, 0.29) is 30.1 Å². The van der Waals surface area contributed by atoms with Crippen LogP contribution < -0.4 is 5.32 Å². The number of rotatable bonds is 4. The van der Waals surface area contributed by atoms with Gasteiger partial charge in [-0.3, -0.25) is 4.79 Å². The highest BCUT2D eigenvalue weighted by Gasteiger charge is 2.57. The molecular formula is C20H20Cl2FN3O2. The minimum atomic E-state index is -0.565. The van der Waals surface area contributed by atoms with E-state index in [4.69, 9.17) is 27.9 Å². The zero-order valence-corrected chi connectivity index (χ0v) is 16.9. The number of fused-ring (bicyclic) bond motifs is 2. The van der Waals surface area contributed by atoms with Crippen molar-refractivity contribution < 1.29 is 13.9 Å². The lowest BCUT2D eigenvalue weighted by Crippen LogP contribution is -2.46. The van der Waals surface area contributed by atoms with Crippen molar-refractivity contribution in [2.75, 3.05) is 19.4 Å². The predicted molar refractivity (Wildman–Crippen MR) is 106 cm³/mol. The number of benzene rings is 1. The Hall–Kier alpha value is -1.73. The fourth-order valence-electron chi connectivity index (χ4n) is 4.37. The second-order valence-corrected chi connectivity index (χ2v) is 8.30. The molecule has 5 nitrogen and oxygen atoms in total. The number of halogens is 3. The van der Waals surface area contributed by atoms with Crippen LogP contribution >= 0.6 is 23.2 Å². The molecule has 2 bridgehead atoms. The van der Waals surface area contributed by atoms with Gasteiger partial charge in [0, 0.05) is 23.8 Å². The van der Waals surface area contributed by atoms with Crippen LogP contribution in [0.15, 0.2) is 36.5 Å². The summed E-state index contributed by atoms with van der Waals surface area (Å²) >= 11 is 12.0. The van der Waals surface area contributed by atoms with E-state index in [1.54, 1.807) is 24.3 Å². The average Bonchev–Trinajstić information content (AvgIpc) is 3.23. The van der Waals surface area contributed by atoms with Gasteiger partial charge in [0.05, 0.1) is 28.2 Å². The lowest BCUT2D eigenvalue weighted by atomic mass is 9.73. The summed E-state index contributed by atoms with van der Waals surface area (Å²) in [4.78, 5) is 18.9. The fraction of sp³-hybridized carbons (Fsp3) is 0.400. The molecule has 2 aliphatic heterocycles. The third-order valence-electron chi connectivity index (χ3n) is 5.62. The number of hydrogen-bond donors (Lipinski definition) is 1. The molecule has 8 heteroatoms. The Balaban J connectivity index is 1.64. The van der Waals surface area contributed by atoms with Crippen LogP contribution in [0.2, 0.25) is 10.0 Å². The fourth-order valence-corrected chi connectivity index (χ4v) is 4.67. The van der Waals surface area contributed by atoms with Crippen molar-refractivity contribution >= 4 is 34.8 Å². The highest BCUT2D eigenvalue weighted by atomic mass is 35.5. The zero-order valence-electron chi connectivity index (χ0n) is 15.4. The minimum Gasteiger partial charge on any atom is -0.372 e. The van der Waals surface area contributed by atoms with Gasteiger partial charge in [0.1, 0.15) is 0 Å². The molecule has 1 aromatic carbocycles. The number of carbonyl (C=O) groups excluding carboxylic acids is 1. The summed E-state index contributed by atoms with van der Waals surface area (Å²) in [6.45, 7) is 0. The summed E-state index contributed by atoms with van der Waals surface area (Å²) in [5, 5.41) is 3.69. The molecule has 1 amide bonds. The standard InChI is InChI=1S/C20H20Cl2FN3O2/c1-26(2)14-9-15-18(20(27)25-11-3-4-12(21)13(22)8-11)17(19(14)28-15)10-5-6-24-16(23)7-10/h3-8,14-15,17-19H,9H2,1-2H3,(H,25,27). The number of hydrogen-bond acceptors (Lipinski definition) is 4. The predicted octanol–water partition coefficient (Wildman–Crippen LogP) is 3.97. The molecule has 28 heavy (non-hydrogen) atoms. The first kappa shape index (κ1) is 19.6. The molecule has 1 aromatic heterocycles. The first-order valence-corrected chi connectivity index (χ1v) is 9.80. The van der Waals surface area contributed by atoms with Crippen LogP contribution in [0.4, 0.5) is 10.1 Å². The van der Waals surface area contributed by atoms with Crippen LogP contribution in [-0.4, -0.2) is 48.1 Å². The number of ether oxygens (including phenoxy) is 1. The van der Waals surface area contributed by atoms with E-state index in [2.05, 4.69) is 15.2 Å². The molecule has 5 atom stereocenters. The van der Waals surface area contributed by atoms with Crippen molar-refractivity contribution in [3.63, 3.8) is 0 Å². The Kier molecular flexibility index (Phi) is 5.31. The summed E-state index contributed by atoms with van der Waals surface area (Å²) in [6, 6.07) is 8.25. The molecule has 2 saturated heterocycles. The summed E-state index contributed by atoms with van der Waals surface area (Å²) in [6.07, 6.45) is 1.75. The molecule has 2 aliphatic rings. The van der Waals surface area contributed by atoms with Gasteiger partial charge >= 0.3 is 0 Å². The molecule has 2 fully saturated rings. The van der Waals surface area contributed by atoms with Crippen molar-refractivity contribution in [3.8, 4) is 0 Å². The topological polar surface area (TPSA) is 54.5 Å². The Labute approximate surface area is 172 Å². The molecule has 1 N–H and O–H groups in total. The van der Waals surface area contributed by atoms with E-state index >= 15 is 0 Å². The van der Waals surface area contributed by atoms with Gasteiger partial charge in [0.2, 0.25) is 11.9 Å². The third-order valence-corrected chi connectivity index (χ3v) is 6.35. The number of nitrogens with one attached hydrogen (secondary N) is 1. The molecule has 0 radical (unpaired) electrons. The Morgan fingerprint density at radius 2 is 2.04 bits per heavy atom. The van der Waals surface area contributed by atoms with Crippen LogP contribution in [0, 0.1) is 11.9 Å². The minimum absolute atomic E-state index is 0.167. The number of carbonyl (C=O) groups is 1. The van der Waals surface area contributed by atoms with Crippen molar-refractivity contribution in [1.29, 1.82) is 0 Å². The zero-order chi connectivity index (χ0) is 20.0. The molecule has 2 aromatic rings. The van der Waals surface area contributed by atoms with Crippen LogP contribution in [-0.2, 0) is 9.53 Å². The van der Waals surface area contributed by atoms with Crippen molar-refractivity contribution in [2.45, 2.75) is 30.6 Å². The highest BCUT2D eigenvalue weighted by Crippen LogP contribution is 2.50. The summed E-state index contributed by atoms with van der Waals surface area (Å²) in [5.74, 6) is -1.43. The van der Waals surface area contributed by atoms with Gasteiger partial charge in [-0.05, 0) is 56.4 Å². The molecule has 5 unspecified atom stereocenters. The number of likely N-dealkylation sites (N-methyl/N-ethyl adjacent to an activating group) is 1. The third kappa shape index (κ3) is 3.50. The van der Waals surface area contributed by atoms with E-state index in [1.807, 2.05) is 14.1 Å². The number of nitrogens with zero attached hydrogens (tertiary/aromatic N) is 2. The summed E-state index contributed by atoms with van der Waals surface area (Å²) in [7, 11) is 3.98. The van der Waals surface area contributed by atoms with Gasteiger partial charge in [-0.1, -0.05) is 23.2 Å². The van der Waals surface area contributed by atoms with Gasteiger partial charge in [-0.2, -0.15) is 4.39 Å². The lowest BCUT2D eigenvalue weighted by Gasteiger charge is -2.35. The van der Waals surface area contributed by atoms with Crippen molar-refractivity contribution in [2.24, 2.45) is 5.92 Å². The molecule has 0 saturated carbocycles. The number of amides is 1. The van der Waals surface area contributed by atoms with Crippen molar-refractivity contribution in [1.82, 2.24) is 9.88 Å². The van der Waals surface area contributed by atoms with Gasteiger partial charge in [-0.15, -0.1) is 0 Å². The lowest BCUT2D eigenvalue weighted by molar-refractivity contribution is -0.121. The van der Waals surface area contributed by atoms with Crippen molar-refractivity contribution in [3.05, 3.63) is 58.1 Å². The van der Waals surface area contributed by atoms with Crippen LogP contribution in [0.1, 0.15) is 17.9 Å². The largest absolute Gasteiger partial charge is 0.372 e. The van der Waals surface area contributed by atoms with Gasteiger partial charge in [0.15, 0.2) is 0 Å². The SMILES string of the molecule is CN(C)C1CC2OC1C(c1ccnc(F)c1)C2C(=O)Nc1ccc(Cl)c(Cl)c1. The normalized spacial score (nSPS) is 28.7. The monoisotopic (exact) mass is 423 g/mol. The Bertz CT molecular complexity index is 911. The Morgan fingerprint density at radius 1 is 1.25 bits per heavy atom. The van der Waals surface area contributed by atoms with E-state index in [9.17, 15) is 9.18 Å². The molecule has 0 spiro atoms. The van der Waals surface area contributed by atoms with E-state index in [0.29, 0.717) is 15.7 Å². The summed E-state index contributed by atoms with van der Waals surface area (Å²) in [5.41, 5.74) is 1.28. The van der Waals surface area contributed by atoms with Gasteiger partial charge < -0.3 is 15.0 Å². The van der Waals surface area contributed by atoms with Crippen LogP contribution in [0.3, 0.4) is 0 Å².